The summed E-state index contributed by atoms with van der Waals surface area (Å²) in [4.78, 5) is 30.4. The Morgan fingerprint density at radius 2 is 1.86 bits per heavy atom. The first-order valence-electron chi connectivity index (χ1n) is 14.9. The first kappa shape index (κ1) is 26.6. The maximum absolute atomic E-state index is 12.3. The lowest BCUT2D eigenvalue weighted by molar-refractivity contribution is -0.384. The summed E-state index contributed by atoms with van der Waals surface area (Å²) in [6.45, 7) is 3.59. The third kappa shape index (κ3) is 4.53. The molecular weight excluding hydrogens is 560 g/mol. The van der Waals surface area contributed by atoms with Gasteiger partial charge in [0.1, 0.15) is 17.7 Å². The summed E-state index contributed by atoms with van der Waals surface area (Å²) in [5.41, 5.74) is 4.38. The molecule has 0 unspecified atom stereocenters. The Hall–Kier alpha value is -4.97. The zero-order chi connectivity index (χ0) is 29.9. The van der Waals surface area contributed by atoms with Crippen molar-refractivity contribution in [2.24, 2.45) is 11.8 Å². The molecule has 0 bridgehead atoms. The van der Waals surface area contributed by atoms with E-state index in [2.05, 4.69) is 55.0 Å². The van der Waals surface area contributed by atoms with Gasteiger partial charge in [0, 0.05) is 73.2 Å². The number of nitro benzene ring substituents is 1. The van der Waals surface area contributed by atoms with Crippen LogP contribution in [0.3, 0.4) is 0 Å². The number of anilines is 3. The maximum Gasteiger partial charge on any atom is 0.294 e. The third-order valence-corrected chi connectivity index (χ3v) is 9.14. The fraction of sp³-hybridized carbons (Fsp3) is 0.344. The average molecular weight is 593 g/mol. The number of hydrogen-bond donors (Lipinski definition) is 1. The Morgan fingerprint density at radius 3 is 2.57 bits per heavy atom. The van der Waals surface area contributed by atoms with Gasteiger partial charge < -0.3 is 28.8 Å². The standard InChI is InChI=1S/C32H32N8O4/c1-37-14-19-16-38(17-20(19)15-37)27-12-29(43-2)25(11-28(27)40(41)42)35-32-34-13-23(31-33-9-10-44-31)30(36-32)24-18-39(21-7-8-21)26-6-4-3-5-22(24)26/h3-6,9-13,18-21H,7-8,14-17H2,1-2H3,(H,34,35,36)/t19-,20+. The van der Waals surface area contributed by atoms with Crippen LogP contribution in [0, 0.1) is 22.0 Å². The van der Waals surface area contributed by atoms with Crippen molar-refractivity contribution in [3.05, 3.63) is 71.4 Å². The summed E-state index contributed by atoms with van der Waals surface area (Å²) in [5.74, 6) is 2.17. The second-order valence-electron chi connectivity index (χ2n) is 12.1. The largest absolute Gasteiger partial charge is 0.494 e. The minimum Gasteiger partial charge on any atom is -0.494 e. The van der Waals surface area contributed by atoms with Crippen LogP contribution in [-0.4, -0.2) is 69.7 Å². The maximum atomic E-state index is 12.3. The summed E-state index contributed by atoms with van der Waals surface area (Å²) in [7, 11) is 3.69. The molecular formula is C32H32N8O4. The highest BCUT2D eigenvalue weighted by atomic mass is 16.6. The van der Waals surface area contributed by atoms with E-state index >= 15 is 0 Å². The normalized spacial score (nSPS) is 19.9. The SMILES string of the molecule is COc1cc(N2C[C@H]3CN(C)C[C@H]3C2)c([N+](=O)[O-])cc1Nc1ncc(-c2ncco2)c(-c2cn(C3CC3)c3ccccc23)n1. The number of oxazole rings is 1. The second-order valence-corrected chi connectivity index (χ2v) is 12.1. The Labute approximate surface area is 253 Å². The highest BCUT2D eigenvalue weighted by Crippen LogP contribution is 2.45. The van der Waals surface area contributed by atoms with Gasteiger partial charge >= 0.3 is 0 Å². The number of likely N-dealkylation sites (tertiary alicyclic amines) is 1. The number of para-hydroxylation sites is 1. The van der Waals surface area contributed by atoms with E-state index in [1.807, 2.05) is 12.1 Å². The van der Waals surface area contributed by atoms with Crippen LogP contribution in [-0.2, 0) is 0 Å². The van der Waals surface area contributed by atoms with Crippen molar-refractivity contribution in [1.82, 2.24) is 24.4 Å². The zero-order valence-electron chi connectivity index (χ0n) is 24.5. The van der Waals surface area contributed by atoms with Gasteiger partial charge in [-0.15, -0.1) is 0 Å². The highest BCUT2D eigenvalue weighted by molar-refractivity contribution is 5.98. The minimum atomic E-state index is -0.328. The van der Waals surface area contributed by atoms with Crippen LogP contribution in [0.4, 0.5) is 23.0 Å². The Balaban J connectivity index is 1.19. The Kier molecular flexibility index (Phi) is 6.26. The number of fused-ring (bicyclic) bond motifs is 2. The molecule has 44 heavy (non-hydrogen) atoms. The molecule has 5 aromatic rings. The molecule has 2 aliphatic heterocycles. The molecule has 224 valence electrons. The van der Waals surface area contributed by atoms with Gasteiger partial charge in [-0.1, -0.05) is 18.2 Å². The number of ether oxygens (including phenoxy) is 1. The number of nitrogens with zero attached hydrogens (tertiary/aromatic N) is 7. The molecule has 1 saturated carbocycles. The molecule has 3 aromatic heterocycles. The molecule has 2 aromatic carbocycles. The second kappa shape index (κ2) is 10.3. The van der Waals surface area contributed by atoms with Crippen molar-refractivity contribution < 1.29 is 14.1 Å². The summed E-state index contributed by atoms with van der Waals surface area (Å²) in [5, 5.41) is 16.6. The summed E-state index contributed by atoms with van der Waals surface area (Å²) in [6, 6.07) is 12.0. The van der Waals surface area contributed by atoms with Gasteiger partial charge in [-0.3, -0.25) is 10.1 Å². The zero-order valence-corrected chi connectivity index (χ0v) is 24.5. The monoisotopic (exact) mass is 592 g/mol. The minimum absolute atomic E-state index is 0.0192. The third-order valence-electron chi connectivity index (χ3n) is 9.14. The Morgan fingerprint density at radius 1 is 1.07 bits per heavy atom. The lowest BCUT2D eigenvalue weighted by atomic mass is 10.0. The van der Waals surface area contributed by atoms with Crippen LogP contribution in [0.5, 0.6) is 5.75 Å². The van der Waals surface area contributed by atoms with Gasteiger partial charge in [0.05, 0.1) is 35.2 Å². The molecule has 0 radical (unpaired) electrons. The topological polar surface area (TPSA) is 128 Å². The first-order chi connectivity index (χ1) is 21.5. The molecule has 1 aliphatic carbocycles. The van der Waals surface area contributed by atoms with Crippen LogP contribution >= 0.6 is 0 Å². The van der Waals surface area contributed by atoms with Crippen LogP contribution < -0.4 is 15.0 Å². The smallest absolute Gasteiger partial charge is 0.294 e. The number of methoxy groups -OCH3 is 1. The molecule has 2 saturated heterocycles. The average Bonchev–Trinajstić information content (AvgIpc) is 3.34. The molecule has 0 amide bonds. The van der Waals surface area contributed by atoms with Gasteiger partial charge in [-0.2, -0.15) is 0 Å². The molecule has 12 nitrogen and oxygen atoms in total. The van der Waals surface area contributed by atoms with Crippen molar-refractivity contribution >= 4 is 33.9 Å². The van der Waals surface area contributed by atoms with E-state index < -0.39 is 0 Å². The van der Waals surface area contributed by atoms with Crippen LogP contribution in [0.25, 0.3) is 33.6 Å². The Bertz CT molecular complexity index is 1870. The van der Waals surface area contributed by atoms with E-state index in [-0.39, 0.29) is 16.6 Å². The first-order valence-corrected chi connectivity index (χ1v) is 14.9. The van der Waals surface area contributed by atoms with E-state index in [1.165, 1.54) is 12.3 Å². The van der Waals surface area contributed by atoms with Gasteiger partial charge in [0.15, 0.2) is 0 Å². The van der Waals surface area contributed by atoms with E-state index in [9.17, 15) is 10.1 Å². The molecule has 3 fully saturated rings. The molecule has 3 aliphatic rings. The van der Waals surface area contributed by atoms with Gasteiger partial charge in [-0.05, 0) is 37.8 Å². The van der Waals surface area contributed by atoms with E-state index in [4.69, 9.17) is 14.1 Å². The molecule has 12 heteroatoms. The van der Waals surface area contributed by atoms with Gasteiger partial charge in [0.25, 0.3) is 5.69 Å². The van der Waals surface area contributed by atoms with Crippen LogP contribution in [0.15, 0.2) is 65.7 Å². The molecule has 1 N–H and O–H groups in total. The summed E-state index contributed by atoms with van der Waals surface area (Å²) >= 11 is 0. The molecule has 5 heterocycles. The van der Waals surface area contributed by atoms with Crippen molar-refractivity contribution in [3.63, 3.8) is 0 Å². The lowest BCUT2D eigenvalue weighted by Crippen LogP contribution is -2.27. The highest BCUT2D eigenvalue weighted by Gasteiger charge is 2.40. The number of hydrogen-bond acceptors (Lipinski definition) is 10. The van der Waals surface area contributed by atoms with Crippen molar-refractivity contribution in [2.75, 3.05) is 50.6 Å². The number of benzene rings is 2. The lowest BCUT2D eigenvalue weighted by Gasteiger charge is -2.22. The van der Waals surface area contributed by atoms with E-state index in [0.29, 0.717) is 52.2 Å². The fourth-order valence-electron chi connectivity index (χ4n) is 6.98. The van der Waals surface area contributed by atoms with Crippen LogP contribution in [0.1, 0.15) is 18.9 Å². The molecule has 8 rings (SSSR count). The number of nitrogens with one attached hydrogen (secondary N) is 1. The van der Waals surface area contributed by atoms with Crippen molar-refractivity contribution in [2.45, 2.75) is 18.9 Å². The van der Waals surface area contributed by atoms with Gasteiger partial charge in [-0.25, -0.2) is 15.0 Å². The van der Waals surface area contributed by atoms with Gasteiger partial charge in [0.2, 0.25) is 11.8 Å². The fourth-order valence-corrected chi connectivity index (χ4v) is 6.98. The van der Waals surface area contributed by atoms with Crippen molar-refractivity contribution in [3.8, 4) is 28.5 Å². The number of aromatic nitrogens is 4. The quantitative estimate of drug-likeness (QED) is 0.176. The predicted octanol–water partition coefficient (Wildman–Crippen LogP) is 5.75. The number of rotatable bonds is 8. The summed E-state index contributed by atoms with van der Waals surface area (Å²) in [6.07, 6.45) is 9.22. The van der Waals surface area contributed by atoms with E-state index in [0.717, 1.165) is 55.5 Å². The molecule has 0 spiro atoms. The van der Waals surface area contributed by atoms with Crippen LogP contribution in [0.2, 0.25) is 0 Å². The van der Waals surface area contributed by atoms with Crippen molar-refractivity contribution in [1.29, 1.82) is 0 Å². The number of nitro groups is 1. The molecule has 2 atom stereocenters. The summed E-state index contributed by atoms with van der Waals surface area (Å²) < 4.78 is 13.7. The predicted molar refractivity (Wildman–Crippen MR) is 166 cm³/mol. The van der Waals surface area contributed by atoms with E-state index in [1.54, 1.807) is 25.6 Å².